The van der Waals surface area contributed by atoms with Crippen LogP contribution in [0.4, 0.5) is 52.7 Å². The SMILES string of the molecule is COc1cc(OC(F)(F)F)ccc1O.COc1cc(OC(F)(F)F)ccc1Oc1cc(C(F)(F)F)ncc1C(=O)O.O=C(O)c1cnc(C(F)(F)F)cc1Cl. The van der Waals surface area contributed by atoms with E-state index >= 15 is 0 Å². The number of aromatic nitrogens is 2. The van der Waals surface area contributed by atoms with Crippen molar-refractivity contribution in [1.29, 1.82) is 0 Å². The first-order chi connectivity index (χ1) is 25.1. The van der Waals surface area contributed by atoms with Crippen LogP contribution in [0.2, 0.25) is 5.02 Å². The van der Waals surface area contributed by atoms with E-state index in [2.05, 4.69) is 24.2 Å². The molecule has 0 aliphatic heterocycles. The Kier molecular flexibility index (Phi) is 14.6. The highest BCUT2D eigenvalue weighted by atomic mass is 35.5. The summed E-state index contributed by atoms with van der Waals surface area (Å²) in [6, 6.07) is 6.33. The average Bonchev–Trinajstić information content (AvgIpc) is 3.04. The maximum absolute atomic E-state index is 12.8. The second-order valence-electron chi connectivity index (χ2n) is 9.56. The minimum Gasteiger partial charge on any atom is -0.504 e. The van der Waals surface area contributed by atoms with E-state index in [1.54, 1.807) is 0 Å². The number of methoxy groups -OCH3 is 2. The molecular formula is C30H19ClF12N2O10. The van der Waals surface area contributed by atoms with Crippen LogP contribution >= 0.6 is 11.6 Å². The van der Waals surface area contributed by atoms with E-state index in [1.165, 1.54) is 7.11 Å². The number of alkyl halides is 12. The summed E-state index contributed by atoms with van der Waals surface area (Å²) in [5.41, 5.74) is -3.79. The van der Waals surface area contributed by atoms with Gasteiger partial charge in [0.25, 0.3) is 0 Å². The smallest absolute Gasteiger partial charge is 0.504 e. The number of phenolic OH excluding ortho intramolecular Hbond substituents is 1. The maximum Gasteiger partial charge on any atom is 0.573 e. The Morgan fingerprint density at radius 2 is 1.04 bits per heavy atom. The number of benzene rings is 2. The van der Waals surface area contributed by atoms with E-state index < -0.39 is 81.8 Å². The summed E-state index contributed by atoms with van der Waals surface area (Å²) in [6.07, 6.45) is -18.2. The van der Waals surface area contributed by atoms with Gasteiger partial charge in [-0.1, -0.05) is 11.6 Å². The highest BCUT2D eigenvalue weighted by Gasteiger charge is 2.35. The molecule has 4 aromatic rings. The predicted octanol–water partition coefficient (Wildman–Crippen LogP) is 9.25. The van der Waals surface area contributed by atoms with E-state index in [4.69, 9.17) is 36.4 Å². The van der Waals surface area contributed by atoms with Crippen LogP contribution in [0.3, 0.4) is 0 Å². The summed E-state index contributed by atoms with van der Waals surface area (Å²) in [6.45, 7) is 0. The summed E-state index contributed by atoms with van der Waals surface area (Å²) in [7, 11) is 2.29. The second-order valence-corrected chi connectivity index (χ2v) is 9.97. The van der Waals surface area contributed by atoms with Crippen LogP contribution in [0.1, 0.15) is 32.1 Å². The van der Waals surface area contributed by atoms with Gasteiger partial charge in [0.1, 0.15) is 34.2 Å². The summed E-state index contributed by atoms with van der Waals surface area (Å²) in [4.78, 5) is 27.5. The standard InChI is InChI=1S/C15H9F6NO5.C8H7F3O3.C7H3ClF3NO2/c1-25-11-4-7(27-15(19,20)21)2-3-9(11)26-10-5-12(14(16,17)18)22-6-8(10)13(23)24;1-13-7-4-5(2-3-6(7)12)14-8(9,10)11;8-4-1-5(7(9,10)11)12-2-3(4)6(13)14/h2-6H,1H3,(H,23,24);2-4,12H,1H3;1-2H,(H,13,14). The van der Waals surface area contributed by atoms with Crippen molar-refractivity contribution >= 4 is 23.5 Å². The molecule has 0 radical (unpaired) electrons. The fourth-order valence-electron chi connectivity index (χ4n) is 3.48. The van der Waals surface area contributed by atoms with Crippen molar-refractivity contribution in [3.8, 4) is 40.2 Å². The molecule has 0 fully saturated rings. The molecule has 0 unspecified atom stereocenters. The molecule has 0 aliphatic carbocycles. The summed E-state index contributed by atoms with van der Waals surface area (Å²) in [5, 5.41) is 26.1. The van der Waals surface area contributed by atoms with Crippen LogP contribution in [0, 0.1) is 0 Å². The Morgan fingerprint density at radius 3 is 1.45 bits per heavy atom. The molecule has 0 bridgehead atoms. The maximum atomic E-state index is 12.8. The topological polar surface area (TPSA) is 167 Å². The van der Waals surface area contributed by atoms with E-state index in [-0.39, 0.29) is 23.0 Å². The minimum absolute atomic E-state index is 0.0771. The van der Waals surface area contributed by atoms with E-state index in [0.29, 0.717) is 24.5 Å². The first kappa shape index (κ1) is 45.1. The average molecular weight is 831 g/mol. The Bertz CT molecular complexity index is 1970. The van der Waals surface area contributed by atoms with Gasteiger partial charge in [-0.3, -0.25) is 9.97 Å². The molecule has 12 nitrogen and oxygen atoms in total. The zero-order valence-corrected chi connectivity index (χ0v) is 27.5. The van der Waals surface area contributed by atoms with Gasteiger partial charge in [0.05, 0.1) is 24.8 Å². The van der Waals surface area contributed by atoms with Crippen LogP contribution in [-0.2, 0) is 12.4 Å². The second kappa shape index (κ2) is 17.8. The lowest BCUT2D eigenvalue weighted by Crippen LogP contribution is -2.17. The largest absolute Gasteiger partial charge is 0.573 e. The van der Waals surface area contributed by atoms with Crippen LogP contribution < -0.4 is 23.7 Å². The Labute approximate surface area is 303 Å². The number of carbonyl (C=O) groups is 2. The zero-order valence-electron chi connectivity index (χ0n) is 26.8. The van der Waals surface area contributed by atoms with Crippen LogP contribution in [-0.4, -0.2) is 64.2 Å². The van der Waals surface area contributed by atoms with Crippen molar-refractivity contribution < 1.29 is 101 Å². The fraction of sp³-hybridized carbons (Fsp3) is 0.200. The van der Waals surface area contributed by atoms with Crippen molar-refractivity contribution in [2.75, 3.05) is 14.2 Å². The van der Waals surface area contributed by atoms with Crippen molar-refractivity contribution in [2.24, 2.45) is 0 Å². The van der Waals surface area contributed by atoms with Crippen LogP contribution in [0.5, 0.6) is 40.2 Å². The number of pyridine rings is 2. The lowest BCUT2D eigenvalue weighted by Gasteiger charge is -2.15. The van der Waals surface area contributed by atoms with Gasteiger partial charge >= 0.3 is 37.0 Å². The number of phenols is 1. The van der Waals surface area contributed by atoms with E-state index in [0.717, 1.165) is 43.5 Å². The Hall–Kier alpha value is -6.07. The number of hydrogen-bond donors (Lipinski definition) is 3. The van der Waals surface area contributed by atoms with Gasteiger partial charge in [-0.2, -0.15) is 26.3 Å². The van der Waals surface area contributed by atoms with E-state index in [9.17, 15) is 62.3 Å². The molecule has 4 rings (SSSR count). The van der Waals surface area contributed by atoms with Crippen LogP contribution in [0.15, 0.2) is 60.9 Å². The molecule has 2 heterocycles. The van der Waals surface area contributed by atoms with Gasteiger partial charge in [-0.15, -0.1) is 26.3 Å². The number of carboxylic acids is 2. The molecule has 2 aromatic carbocycles. The van der Waals surface area contributed by atoms with Crippen molar-refractivity contribution in [3.05, 3.63) is 88.5 Å². The normalized spacial score (nSPS) is 11.5. The summed E-state index contributed by atoms with van der Waals surface area (Å²) >= 11 is 5.31. The quantitative estimate of drug-likeness (QED) is 0.144. The summed E-state index contributed by atoms with van der Waals surface area (Å²) < 4.78 is 168. The molecule has 2 aromatic heterocycles. The molecule has 3 N–H and O–H groups in total. The third-order valence-electron chi connectivity index (χ3n) is 5.73. The summed E-state index contributed by atoms with van der Waals surface area (Å²) in [5.74, 6) is -5.88. The molecule has 0 atom stereocenters. The third kappa shape index (κ3) is 14.4. The molecule has 0 amide bonds. The van der Waals surface area contributed by atoms with E-state index in [1.807, 2.05) is 0 Å². The third-order valence-corrected chi connectivity index (χ3v) is 6.05. The lowest BCUT2D eigenvalue weighted by atomic mass is 10.2. The molecule has 0 spiro atoms. The van der Waals surface area contributed by atoms with Crippen molar-refractivity contribution in [1.82, 2.24) is 9.97 Å². The number of ether oxygens (including phenoxy) is 5. The zero-order chi connectivity index (χ0) is 42.1. The first-order valence-electron chi connectivity index (χ1n) is 13.7. The number of aromatic hydroxyl groups is 1. The number of hydrogen-bond acceptors (Lipinski definition) is 10. The molecule has 25 heteroatoms. The minimum atomic E-state index is -4.98. The predicted molar refractivity (Wildman–Crippen MR) is 158 cm³/mol. The van der Waals surface area contributed by atoms with Gasteiger partial charge in [0.2, 0.25) is 0 Å². The number of rotatable bonds is 8. The molecule has 0 saturated heterocycles. The number of nitrogens with zero attached hydrogens (tertiary/aromatic N) is 2. The number of halogens is 13. The first-order valence-corrected chi connectivity index (χ1v) is 14.0. The Balaban J connectivity index is 0.000000314. The molecule has 55 heavy (non-hydrogen) atoms. The van der Waals surface area contributed by atoms with Gasteiger partial charge in [-0.25, -0.2) is 9.59 Å². The van der Waals surface area contributed by atoms with Gasteiger partial charge in [-0.05, 0) is 30.3 Å². The molecule has 0 aliphatic rings. The van der Waals surface area contributed by atoms with Crippen LogP contribution in [0.25, 0.3) is 0 Å². The van der Waals surface area contributed by atoms with Gasteiger partial charge in [0, 0.05) is 30.6 Å². The highest BCUT2D eigenvalue weighted by Crippen LogP contribution is 2.39. The monoisotopic (exact) mass is 830 g/mol. The highest BCUT2D eigenvalue weighted by molar-refractivity contribution is 6.33. The fourth-order valence-corrected chi connectivity index (χ4v) is 3.72. The Morgan fingerprint density at radius 1 is 0.600 bits per heavy atom. The molecular weight excluding hydrogens is 812 g/mol. The molecule has 0 saturated carbocycles. The van der Waals surface area contributed by atoms with Gasteiger partial charge < -0.3 is 39.0 Å². The van der Waals surface area contributed by atoms with Crippen molar-refractivity contribution in [3.63, 3.8) is 0 Å². The lowest BCUT2D eigenvalue weighted by molar-refractivity contribution is -0.275. The molecule has 300 valence electrons. The number of carboxylic acid groups (broad SMARTS) is 2. The van der Waals surface area contributed by atoms with Crippen molar-refractivity contribution in [2.45, 2.75) is 25.1 Å². The number of aromatic carboxylic acids is 2. The van der Waals surface area contributed by atoms with Gasteiger partial charge in [0.15, 0.2) is 23.0 Å².